The molecule has 1 N–H and O–H groups in total. The number of amides is 1. The highest BCUT2D eigenvalue weighted by Gasteiger charge is 2.26. The van der Waals surface area contributed by atoms with Gasteiger partial charge in [-0.25, -0.2) is 18.1 Å². The first-order valence-electron chi connectivity index (χ1n) is 9.05. The molecule has 1 atom stereocenters. The van der Waals surface area contributed by atoms with Crippen LogP contribution in [0, 0.1) is 0 Å². The molecule has 0 spiro atoms. The Bertz CT molecular complexity index is 1060. The van der Waals surface area contributed by atoms with Crippen LogP contribution < -0.4 is 5.32 Å². The highest BCUT2D eigenvalue weighted by atomic mass is 32.2. The van der Waals surface area contributed by atoms with Gasteiger partial charge in [0.1, 0.15) is 12.7 Å². The van der Waals surface area contributed by atoms with Gasteiger partial charge in [0.05, 0.1) is 10.6 Å². The van der Waals surface area contributed by atoms with Gasteiger partial charge in [-0.15, -0.1) is 0 Å². The third kappa shape index (κ3) is 4.69. The summed E-state index contributed by atoms with van der Waals surface area (Å²) in [5, 5.41) is 6.77. The van der Waals surface area contributed by atoms with E-state index in [1.54, 1.807) is 42.3 Å². The average Bonchev–Trinajstić information content (AvgIpc) is 3.26. The number of hydrogen-bond donors (Lipinski definition) is 1. The van der Waals surface area contributed by atoms with Gasteiger partial charge < -0.3 is 5.32 Å². The fourth-order valence-corrected chi connectivity index (χ4v) is 4.19. The molecule has 2 aromatic carbocycles. The van der Waals surface area contributed by atoms with Crippen molar-refractivity contribution in [2.75, 3.05) is 7.05 Å². The van der Waals surface area contributed by atoms with Crippen molar-refractivity contribution in [3.63, 3.8) is 0 Å². The number of carbonyl (C=O) groups excluding carboxylic acids is 1. The van der Waals surface area contributed by atoms with Crippen LogP contribution in [0.4, 0.5) is 0 Å². The lowest BCUT2D eigenvalue weighted by atomic mass is 10.1. The average molecular weight is 414 g/mol. The van der Waals surface area contributed by atoms with Crippen LogP contribution in [-0.4, -0.2) is 40.4 Å². The summed E-state index contributed by atoms with van der Waals surface area (Å²) in [6, 6.07) is 13.7. The van der Waals surface area contributed by atoms with Crippen molar-refractivity contribution < 1.29 is 13.2 Å². The molecule has 0 radical (unpaired) electrons. The lowest BCUT2D eigenvalue weighted by Gasteiger charge is -2.25. The van der Waals surface area contributed by atoms with E-state index in [1.165, 1.54) is 17.6 Å². The van der Waals surface area contributed by atoms with Gasteiger partial charge in [-0.1, -0.05) is 24.3 Å². The molecule has 1 unspecified atom stereocenters. The molecule has 29 heavy (non-hydrogen) atoms. The minimum absolute atomic E-state index is 0.134. The minimum atomic E-state index is -3.67. The summed E-state index contributed by atoms with van der Waals surface area (Å²) in [5.41, 5.74) is 2.54. The monoisotopic (exact) mass is 413 g/mol. The maximum Gasteiger partial charge on any atom is 0.243 e. The largest absolute Gasteiger partial charge is 0.352 e. The van der Waals surface area contributed by atoms with E-state index >= 15 is 0 Å². The van der Waals surface area contributed by atoms with Crippen LogP contribution in [-0.2, 0) is 21.4 Å². The van der Waals surface area contributed by atoms with Gasteiger partial charge in [0.15, 0.2) is 0 Å². The van der Waals surface area contributed by atoms with Gasteiger partial charge in [-0.05, 0) is 42.3 Å². The Morgan fingerprint density at radius 3 is 2.34 bits per heavy atom. The van der Waals surface area contributed by atoms with E-state index in [9.17, 15) is 13.2 Å². The van der Waals surface area contributed by atoms with Crippen molar-refractivity contribution in [1.82, 2.24) is 24.4 Å². The van der Waals surface area contributed by atoms with Crippen molar-refractivity contribution >= 4 is 15.9 Å². The third-order valence-corrected chi connectivity index (χ3v) is 6.69. The maximum absolute atomic E-state index is 13.0. The summed E-state index contributed by atoms with van der Waals surface area (Å²) in [5.74, 6) is -0.134. The van der Waals surface area contributed by atoms with Crippen LogP contribution in [0.25, 0.3) is 5.69 Å². The SMILES string of the molecule is CC(=O)NCc1ccc(S(=O)(=O)N(C)C(C)c2ccc(-n3cncn3)cc2)cc1. The first-order valence-corrected chi connectivity index (χ1v) is 10.5. The topological polar surface area (TPSA) is 97.2 Å². The predicted molar refractivity (Wildman–Crippen MR) is 109 cm³/mol. The summed E-state index contributed by atoms with van der Waals surface area (Å²) in [6.07, 6.45) is 3.06. The first-order chi connectivity index (χ1) is 13.8. The third-order valence-electron chi connectivity index (χ3n) is 4.75. The fourth-order valence-electron chi connectivity index (χ4n) is 2.84. The Hall–Kier alpha value is -3.04. The Morgan fingerprint density at radius 1 is 1.14 bits per heavy atom. The summed E-state index contributed by atoms with van der Waals surface area (Å²) in [6.45, 7) is 3.64. The standard InChI is InChI=1S/C20H23N5O3S/c1-15(18-6-8-19(9-7-18)25-14-21-13-23-25)24(3)29(27,28)20-10-4-17(5-11-20)12-22-16(2)26/h4-11,13-15H,12H2,1-3H3,(H,22,26). The van der Waals surface area contributed by atoms with Crippen LogP contribution >= 0.6 is 0 Å². The summed E-state index contributed by atoms with van der Waals surface area (Å²) in [7, 11) is -2.10. The maximum atomic E-state index is 13.0. The zero-order chi connectivity index (χ0) is 21.0. The second kappa shape index (κ2) is 8.54. The summed E-state index contributed by atoms with van der Waals surface area (Å²) in [4.78, 5) is 15.1. The molecule has 0 saturated carbocycles. The zero-order valence-corrected chi connectivity index (χ0v) is 17.3. The first kappa shape index (κ1) is 20.7. The molecule has 0 aliphatic carbocycles. The van der Waals surface area contributed by atoms with Gasteiger partial charge in [0, 0.05) is 26.6 Å². The lowest BCUT2D eigenvalue weighted by Crippen LogP contribution is -2.29. The van der Waals surface area contributed by atoms with E-state index in [2.05, 4.69) is 15.4 Å². The number of aromatic nitrogens is 3. The summed E-state index contributed by atoms with van der Waals surface area (Å²) >= 11 is 0. The smallest absolute Gasteiger partial charge is 0.243 e. The predicted octanol–water partition coefficient (Wildman–Crippen LogP) is 2.29. The number of sulfonamides is 1. The second-order valence-corrected chi connectivity index (χ2v) is 8.68. The van der Waals surface area contributed by atoms with Crippen molar-refractivity contribution in [2.24, 2.45) is 0 Å². The van der Waals surface area contributed by atoms with E-state index in [4.69, 9.17) is 0 Å². The molecule has 1 heterocycles. The molecule has 3 rings (SSSR count). The molecule has 0 bridgehead atoms. The molecular weight excluding hydrogens is 390 g/mol. The van der Waals surface area contributed by atoms with Crippen LogP contribution in [0.15, 0.2) is 66.1 Å². The van der Waals surface area contributed by atoms with Gasteiger partial charge in [-0.3, -0.25) is 4.79 Å². The number of rotatable bonds is 7. The molecule has 152 valence electrons. The molecule has 1 amide bonds. The molecule has 0 saturated heterocycles. The van der Waals surface area contributed by atoms with Crippen LogP contribution in [0.1, 0.15) is 31.0 Å². The van der Waals surface area contributed by atoms with Gasteiger partial charge >= 0.3 is 0 Å². The number of benzene rings is 2. The lowest BCUT2D eigenvalue weighted by molar-refractivity contribution is -0.119. The van der Waals surface area contributed by atoms with E-state index in [0.29, 0.717) is 6.54 Å². The van der Waals surface area contributed by atoms with Crippen molar-refractivity contribution in [1.29, 1.82) is 0 Å². The number of carbonyl (C=O) groups is 1. The van der Waals surface area contributed by atoms with E-state index in [-0.39, 0.29) is 16.8 Å². The molecular formula is C20H23N5O3S. The van der Waals surface area contributed by atoms with E-state index in [0.717, 1.165) is 16.8 Å². The van der Waals surface area contributed by atoms with E-state index in [1.807, 2.05) is 31.2 Å². The Balaban J connectivity index is 1.75. The molecule has 8 nitrogen and oxygen atoms in total. The summed E-state index contributed by atoms with van der Waals surface area (Å²) < 4.78 is 29.0. The number of nitrogens with zero attached hydrogens (tertiary/aromatic N) is 4. The molecule has 0 aliphatic heterocycles. The fraction of sp³-hybridized carbons (Fsp3) is 0.250. The Kier molecular flexibility index (Phi) is 6.09. The van der Waals surface area contributed by atoms with Gasteiger partial charge in [-0.2, -0.15) is 9.40 Å². The molecule has 0 fully saturated rings. The minimum Gasteiger partial charge on any atom is -0.352 e. The molecule has 9 heteroatoms. The number of hydrogen-bond acceptors (Lipinski definition) is 5. The molecule has 0 aliphatic rings. The zero-order valence-electron chi connectivity index (χ0n) is 16.5. The van der Waals surface area contributed by atoms with Crippen molar-refractivity contribution in [3.8, 4) is 5.69 Å². The van der Waals surface area contributed by atoms with Gasteiger partial charge in [0.25, 0.3) is 0 Å². The second-order valence-electron chi connectivity index (χ2n) is 6.68. The number of nitrogens with one attached hydrogen (secondary N) is 1. The molecule has 3 aromatic rings. The van der Waals surface area contributed by atoms with E-state index < -0.39 is 10.0 Å². The van der Waals surface area contributed by atoms with Crippen molar-refractivity contribution in [3.05, 3.63) is 72.3 Å². The normalized spacial score (nSPS) is 12.7. The quantitative estimate of drug-likeness (QED) is 0.641. The van der Waals surface area contributed by atoms with Crippen LogP contribution in [0.3, 0.4) is 0 Å². The van der Waals surface area contributed by atoms with Crippen LogP contribution in [0.2, 0.25) is 0 Å². The Morgan fingerprint density at radius 2 is 1.79 bits per heavy atom. The highest BCUT2D eigenvalue weighted by Crippen LogP contribution is 2.26. The van der Waals surface area contributed by atoms with Crippen LogP contribution in [0.5, 0.6) is 0 Å². The van der Waals surface area contributed by atoms with Gasteiger partial charge in [0.2, 0.25) is 15.9 Å². The Labute approximate surface area is 170 Å². The van der Waals surface area contributed by atoms with Crippen molar-refractivity contribution in [2.45, 2.75) is 31.3 Å². The molecule has 1 aromatic heterocycles. The highest BCUT2D eigenvalue weighted by molar-refractivity contribution is 7.89.